The minimum Gasteiger partial charge on any atom is -0.453 e. The van der Waals surface area contributed by atoms with Crippen molar-refractivity contribution in [2.24, 2.45) is 0 Å². The van der Waals surface area contributed by atoms with E-state index in [2.05, 4.69) is 31.9 Å². The fraction of sp³-hybridized carbons (Fsp3) is 0.308. The van der Waals surface area contributed by atoms with Gasteiger partial charge in [0.05, 0.1) is 36.5 Å². The number of rotatable bonds is 15. The SMILES string of the molecule is C=CCOC[C@H]1OC(OC(=O)c2ccccc2C#CCCCC)[C@H](OC(=O)c2ccccc2)[C@@H](OCC=C)[C@@H]1OC(=O)c1ccccc1. The molecule has 1 aliphatic heterocycles. The number of ether oxygens (including phenoxy) is 6. The minimum absolute atomic E-state index is 0.0134. The quantitative estimate of drug-likeness (QED) is 0.0612. The zero-order chi connectivity index (χ0) is 34.1. The zero-order valence-corrected chi connectivity index (χ0v) is 27.0. The lowest BCUT2D eigenvalue weighted by Crippen LogP contribution is -2.63. The lowest BCUT2D eigenvalue weighted by Gasteiger charge is -2.44. The molecule has 1 saturated heterocycles. The van der Waals surface area contributed by atoms with Crippen LogP contribution < -0.4 is 0 Å². The Morgan fingerprint density at radius 2 is 1.35 bits per heavy atom. The van der Waals surface area contributed by atoms with Gasteiger partial charge in [-0.3, -0.25) is 0 Å². The van der Waals surface area contributed by atoms with Crippen LogP contribution in [0, 0.1) is 11.8 Å². The summed E-state index contributed by atoms with van der Waals surface area (Å²) in [5.41, 5.74) is 1.21. The zero-order valence-electron chi connectivity index (χ0n) is 27.0. The Morgan fingerprint density at radius 3 is 1.98 bits per heavy atom. The molecule has 250 valence electrons. The van der Waals surface area contributed by atoms with Gasteiger partial charge in [0.25, 0.3) is 0 Å². The average molecular weight is 653 g/mol. The van der Waals surface area contributed by atoms with E-state index < -0.39 is 48.6 Å². The predicted octanol–water partition coefficient (Wildman–Crippen LogP) is 6.34. The first-order valence-electron chi connectivity index (χ1n) is 15.8. The largest absolute Gasteiger partial charge is 0.453 e. The normalized spacial score (nSPS) is 20.0. The molecule has 1 unspecified atom stereocenters. The van der Waals surface area contributed by atoms with Gasteiger partial charge in [0.2, 0.25) is 6.29 Å². The molecule has 0 aromatic heterocycles. The van der Waals surface area contributed by atoms with E-state index in [4.69, 9.17) is 28.4 Å². The van der Waals surface area contributed by atoms with Crippen LogP contribution in [0.5, 0.6) is 0 Å². The maximum absolute atomic E-state index is 13.8. The Morgan fingerprint density at radius 1 is 0.750 bits per heavy atom. The van der Waals surface area contributed by atoms with Crippen molar-refractivity contribution in [3.8, 4) is 11.8 Å². The number of esters is 3. The second kappa shape index (κ2) is 19.0. The molecule has 0 amide bonds. The van der Waals surface area contributed by atoms with Gasteiger partial charge in [-0.15, -0.1) is 13.2 Å². The number of hydrogen-bond acceptors (Lipinski definition) is 9. The number of carbonyl (C=O) groups is 3. The first-order chi connectivity index (χ1) is 23.5. The van der Waals surface area contributed by atoms with E-state index in [0.29, 0.717) is 12.0 Å². The molecule has 1 fully saturated rings. The number of carbonyl (C=O) groups excluding carboxylic acids is 3. The van der Waals surface area contributed by atoms with Crippen molar-refractivity contribution >= 4 is 17.9 Å². The molecule has 0 bridgehead atoms. The summed E-state index contributed by atoms with van der Waals surface area (Å²) in [7, 11) is 0. The van der Waals surface area contributed by atoms with Gasteiger partial charge in [0.1, 0.15) is 12.2 Å². The van der Waals surface area contributed by atoms with Gasteiger partial charge in [-0.2, -0.15) is 0 Å². The third kappa shape index (κ3) is 9.99. The van der Waals surface area contributed by atoms with Crippen LogP contribution in [0.2, 0.25) is 0 Å². The smallest absolute Gasteiger partial charge is 0.341 e. The topological polar surface area (TPSA) is 107 Å². The summed E-state index contributed by atoms with van der Waals surface area (Å²) < 4.78 is 36.1. The van der Waals surface area contributed by atoms with Crippen LogP contribution in [-0.4, -0.2) is 68.4 Å². The van der Waals surface area contributed by atoms with Crippen molar-refractivity contribution in [1.29, 1.82) is 0 Å². The van der Waals surface area contributed by atoms with Crippen LogP contribution in [0.15, 0.2) is 110 Å². The van der Waals surface area contributed by atoms with Crippen molar-refractivity contribution in [3.63, 3.8) is 0 Å². The van der Waals surface area contributed by atoms with E-state index >= 15 is 0 Å². The molecular weight excluding hydrogens is 612 g/mol. The average Bonchev–Trinajstić information content (AvgIpc) is 3.12. The van der Waals surface area contributed by atoms with Crippen LogP contribution in [-0.2, 0) is 28.4 Å². The Balaban J connectivity index is 1.73. The van der Waals surface area contributed by atoms with E-state index in [1.807, 2.05) is 0 Å². The van der Waals surface area contributed by atoms with Crippen LogP contribution in [0.1, 0.15) is 62.8 Å². The summed E-state index contributed by atoms with van der Waals surface area (Å²) in [6.07, 6.45) is -0.560. The standard InChI is InChI=1S/C39H40O9/c1-4-7-8-11-18-28-19-16-17-24-31(28)38(42)48-39-35(47-37(41)30-22-14-10-15-23-30)34(44-26-6-3)33(32(45-39)27-43-25-5-2)46-36(40)29-20-12-9-13-21-29/h5-6,9-10,12-17,19-24,32-35,39H,2-4,7-8,25-27H2,1H3/t32-,33-,34+,35-,39?/m1/s1. The molecule has 48 heavy (non-hydrogen) atoms. The molecule has 4 rings (SSSR count). The first kappa shape index (κ1) is 35.8. The van der Waals surface area contributed by atoms with Crippen LogP contribution in [0.3, 0.4) is 0 Å². The fourth-order valence-electron chi connectivity index (χ4n) is 4.91. The van der Waals surface area contributed by atoms with E-state index in [9.17, 15) is 14.4 Å². The molecule has 1 aliphatic rings. The molecule has 0 N–H and O–H groups in total. The van der Waals surface area contributed by atoms with Crippen molar-refractivity contribution in [3.05, 3.63) is 132 Å². The molecule has 0 aliphatic carbocycles. The van der Waals surface area contributed by atoms with E-state index in [1.165, 1.54) is 6.08 Å². The summed E-state index contributed by atoms with van der Waals surface area (Å²) in [5, 5.41) is 0. The third-order valence-electron chi connectivity index (χ3n) is 7.27. The van der Waals surface area contributed by atoms with Crippen LogP contribution in [0.25, 0.3) is 0 Å². The van der Waals surface area contributed by atoms with Crippen LogP contribution >= 0.6 is 0 Å². The Labute approximate surface area is 281 Å². The Kier molecular flexibility index (Phi) is 14.2. The monoisotopic (exact) mass is 652 g/mol. The molecule has 0 spiro atoms. The highest BCUT2D eigenvalue weighted by Crippen LogP contribution is 2.31. The molecule has 0 saturated carbocycles. The number of benzene rings is 3. The molecule has 3 aromatic carbocycles. The molecule has 9 nitrogen and oxygen atoms in total. The summed E-state index contributed by atoms with van der Waals surface area (Å²) >= 11 is 0. The Hall–Kier alpha value is -5.01. The van der Waals surface area contributed by atoms with E-state index in [1.54, 1.807) is 91.0 Å². The number of unbranched alkanes of at least 4 members (excludes halogenated alkanes) is 2. The summed E-state index contributed by atoms with van der Waals surface area (Å²) in [6.45, 7) is 9.55. The van der Waals surface area contributed by atoms with Crippen molar-refractivity contribution in [1.82, 2.24) is 0 Å². The highest BCUT2D eigenvalue weighted by Gasteiger charge is 2.53. The minimum atomic E-state index is -1.50. The van der Waals surface area contributed by atoms with Gasteiger partial charge in [-0.25, -0.2) is 14.4 Å². The lowest BCUT2D eigenvalue weighted by molar-refractivity contribution is -0.291. The van der Waals surface area contributed by atoms with E-state index in [0.717, 1.165) is 12.8 Å². The van der Waals surface area contributed by atoms with Gasteiger partial charge >= 0.3 is 17.9 Å². The van der Waals surface area contributed by atoms with Crippen molar-refractivity contribution in [2.45, 2.75) is 56.9 Å². The van der Waals surface area contributed by atoms with Gasteiger partial charge in [-0.1, -0.05) is 85.9 Å². The first-order valence-corrected chi connectivity index (χ1v) is 15.8. The van der Waals surface area contributed by atoms with Crippen molar-refractivity contribution < 1.29 is 42.8 Å². The molecule has 9 heteroatoms. The number of hydrogen-bond donors (Lipinski definition) is 0. The van der Waals surface area contributed by atoms with Crippen molar-refractivity contribution in [2.75, 3.05) is 19.8 Å². The second-order valence-electron chi connectivity index (χ2n) is 10.8. The van der Waals surface area contributed by atoms with Gasteiger partial charge in [0, 0.05) is 12.0 Å². The highest BCUT2D eigenvalue weighted by atomic mass is 16.7. The highest BCUT2D eigenvalue weighted by molar-refractivity contribution is 5.93. The molecule has 1 heterocycles. The summed E-state index contributed by atoms with van der Waals surface area (Å²) in [6, 6.07) is 23.5. The van der Waals surface area contributed by atoms with Crippen LogP contribution in [0.4, 0.5) is 0 Å². The Bertz CT molecular complexity index is 1570. The van der Waals surface area contributed by atoms with Gasteiger partial charge in [-0.05, 0) is 42.8 Å². The summed E-state index contributed by atoms with van der Waals surface area (Å²) in [5.74, 6) is 4.01. The lowest BCUT2D eigenvalue weighted by atomic mass is 9.97. The molecular formula is C39H40O9. The molecule has 0 radical (unpaired) electrons. The molecule has 5 atom stereocenters. The third-order valence-corrected chi connectivity index (χ3v) is 7.27. The van der Waals surface area contributed by atoms with Gasteiger partial charge in [0.15, 0.2) is 12.2 Å². The predicted molar refractivity (Wildman–Crippen MR) is 179 cm³/mol. The molecule has 3 aromatic rings. The fourth-order valence-corrected chi connectivity index (χ4v) is 4.91. The second-order valence-corrected chi connectivity index (χ2v) is 10.8. The summed E-state index contributed by atoms with van der Waals surface area (Å²) in [4.78, 5) is 40.6. The van der Waals surface area contributed by atoms with E-state index in [-0.39, 0.29) is 36.5 Å². The maximum atomic E-state index is 13.8. The van der Waals surface area contributed by atoms with Gasteiger partial charge < -0.3 is 28.4 Å². The maximum Gasteiger partial charge on any atom is 0.341 e.